The number of hydrogen-bond acceptors (Lipinski definition) is 0. The van der Waals surface area contributed by atoms with Crippen LogP contribution in [0.25, 0.3) is 0 Å². The van der Waals surface area contributed by atoms with Gasteiger partial charge < -0.3 is 0 Å². The van der Waals surface area contributed by atoms with Gasteiger partial charge >= 0.3 is 140 Å². The van der Waals surface area contributed by atoms with E-state index in [1.165, 1.54) is 42.0 Å². The Morgan fingerprint density at radius 1 is 0.550 bits per heavy atom. The first kappa shape index (κ1) is 21.1. The molecule has 0 nitrogen and oxygen atoms in total. The summed E-state index contributed by atoms with van der Waals surface area (Å²) in [4.78, 5) is 0. The van der Waals surface area contributed by atoms with Crippen LogP contribution in [0, 0.1) is 0 Å². The number of unbranched alkanes of at least 4 members (excludes halogenated alkanes) is 2. The van der Waals surface area contributed by atoms with Gasteiger partial charge in [-0.2, -0.15) is 0 Å². The van der Waals surface area contributed by atoms with Crippen molar-refractivity contribution in [3.8, 4) is 0 Å². The quantitative estimate of drug-likeness (QED) is 0.213. The molecule has 0 radical (unpaired) electrons. The molecule has 2 heteroatoms. The summed E-state index contributed by atoms with van der Waals surface area (Å²) >= 11 is -1.05. The zero-order chi connectivity index (χ0) is 15.2. The molecule has 0 aromatic heterocycles. The molecule has 122 valence electrons. The van der Waals surface area contributed by atoms with Crippen LogP contribution in [0.2, 0.25) is 24.3 Å². The van der Waals surface area contributed by atoms with Crippen LogP contribution in [-0.4, -0.2) is 29.3 Å². The predicted molar refractivity (Wildman–Crippen MR) is 99.8 cm³/mol. The molecule has 0 aromatic rings. The number of rotatable bonds is 14. The third-order valence-corrected chi connectivity index (χ3v) is 24.3. The summed E-state index contributed by atoms with van der Waals surface area (Å²) in [5.74, 6) is 0. The first-order valence-corrected chi connectivity index (χ1v) is 16.7. The molecular weight excluding hydrogens is 366 g/mol. The van der Waals surface area contributed by atoms with Gasteiger partial charge in [0.1, 0.15) is 0 Å². The van der Waals surface area contributed by atoms with E-state index in [4.69, 9.17) is 0 Å². The van der Waals surface area contributed by atoms with Crippen LogP contribution in [0.1, 0.15) is 86.0 Å². The van der Waals surface area contributed by atoms with Gasteiger partial charge in [0.25, 0.3) is 0 Å². The van der Waals surface area contributed by atoms with E-state index in [1.54, 1.807) is 33.7 Å². The molecule has 0 N–H and O–H groups in total. The van der Waals surface area contributed by atoms with Crippen LogP contribution in [0.3, 0.4) is 0 Å². The fraction of sp³-hybridized carbons (Fsp3) is 1.00. The molecule has 0 spiro atoms. The SMILES string of the molecule is CCCCCC([As](CCC)CCC)[As](CCC)CCC. The van der Waals surface area contributed by atoms with Gasteiger partial charge in [0.15, 0.2) is 0 Å². The second-order valence-electron chi connectivity index (χ2n) is 6.05. The second-order valence-corrected chi connectivity index (χ2v) is 19.3. The van der Waals surface area contributed by atoms with Gasteiger partial charge in [0.05, 0.1) is 0 Å². The average Bonchev–Trinajstić information content (AvgIpc) is 2.44. The Kier molecular flexibility index (Phi) is 15.9. The van der Waals surface area contributed by atoms with Crippen LogP contribution in [0.4, 0.5) is 0 Å². The van der Waals surface area contributed by atoms with Gasteiger partial charge in [-0.25, -0.2) is 0 Å². The normalized spacial score (nSPS) is 12.0. The summed E-state index contributed by atoms with van der Waals surface area (Å²) in [5.41, 5.74) is 0. The monoisotopic (exact) mass is 406 g/mol. The van der Waals surface area contributed by atoms with E-state index in [1.807, 2.05) is 0 Å². The first-order valence-electron chi connectivity index (χ1n) is 9.23. The molecule has 0 atom stereocenters. The van der Waals surface area contributed by atoms with Crippen LogP contribution in [0.15, 0.2) is 0 Å². The summed E-state index contributed by atoms with van der Waals surface area (Å²) in [6.45, 7) is 12.1. The maximum absolute atomic E-state index is 2.43. The van der Waals surface area contributed by atoms with Gasteiger partial charge in [-0.1, -0.05) is 0 Å². The van der Waals surface area contributed by atoms with E-state index in [-0.39, 0.29) is 0 Å². The van der Waals surface area contributed by atoms with E-state index in [0.29, 0.717) is 0 Å². The van der Waals surface area contributed by atoms with Gasteiger partial charge in [-0.15, -0.1) is 0 Å². The van der Waals surface area contributed by atoms with Gasteiger partial charge in [-0.05, 0) is 0 Å². The van der Waals surface area contributed by atoms with Crippen molar-refractivity contribution in [1.82, 2.24) is 0 Å². The van der Waals surface area contributed by atoms with Crippen LogP contribution in [-0.2, 0) is 0 Å². The molecule has 0 aromatic carbocycles. The molecule has 20 heavy (non-hydrogen) atoms. The van der Waals surface area contributed by atoms with Crippen molar-refractivity contribution >= 4 is 29.3 Å². The molecular formula is C18H40As2. The Labute approximate surface area is 139 Å². The molecule has 0 heterocycles. The summed E-state index contributed by atoms with van der Waals surface area (Å²) in [6.07, 6.45) is 11.9. The summed E-state index contributed by atoms with van der Waals surface area (Å²) in [6, 6.07) is 0. The predicted octanol–water partition coefficient (Wildman–Crippen LogP) is 7.11. The molecule has 0 aliphatic rings. The van der Waals surface area contributed by atoms with E-state index < -0.39 is 29.3 Å². The zero-order valence-corrected chi connectivity index (χ0v) is 18.7. The van der Waals surface area contributed by atoms with Crippen molar-refractivity contribution in [2.24, 2.45) is 0 Å². The molecule has 0 bridgehead atoms. The summed E-state index contributed by atoms with van der Waals surface area (Å²) in [5, 5.41) is 6.60. The molecule has 0 fully saturated rings. The van der Waals surface area contributed by atoms with Crippen molar-refractivity contribution in [3.05, 3.63) is 0 Å². The summed E-state index contributed by atoms with van der Waals surface area (Å²) < 4.78 is 1.31. The van der Waals surface area contributed by atoms with Crippen molar-refractivity contribution < 1.29 is 0 Å². The second kappa shape index (κ2) is 15.0. The van der Waals surface area contributed by atoms with Crippen LogP contribution in [0.5, 0.6) is 0 Å². The third-order valence-electron chi connectivity index (χ3n) is 3.95. The van der Waals surface area contributed by atoms with Crippen LogP contribution < -0.4 is 0 Å². The number of hydrogen-bond donors (Lipinski definition) is 0. The topological polar surface area (TPSA) is 0 Å². The van der Waals surface area contributed by atoms with Crippen molar-refractivity contribution in [1.29, 1.82) is 0 Å². The summed E-state index contributed by atoms with van der Waals surface area (Å²) in [7, 11) is 0. The average molecular weight is 406 g/mol. The first-order chi connectivity index (χ1) is 9.74. The molecule has 0 rings (SSSR count). The van der Waals surface area contributed by atoms with Crippen molar-refractivity contribution in [2.75, 3.05) is 0 Å². The fourth-order valence-corrected chi connectivity index (χ4v) is 24.7. The molecule has 0 saturated heterocycles. The van der Waals surface area contributed by atoms with Crippen molar-refractivity contribution in [2.45, 2.75) is 110 Å². The van der Waals surface area contributed by atoms with Crippen molar-refractivity contribution in [3.63, 3.8) is 0 Å². The Hall–Kier alpha value is 1.12. The molecule has 0 unspecified atom stereocenters. The fourth-order valence-electron chi connectivity index (χ4n) is 3.14. The van der Waals surface area contributed by atoms with E-state index in [9.17, 15) is 0 Å². The van der Waals surface area contributed by atoms with E-state index in [2.05, 4.69) is 34.6 Å². The van der Waals surface area contributed by atoms with E-state index in [0.717, 1.165) is 0 Å². The minimum absolute atomic E-state index is 0.523. The zero-order valence-electron chi connectivity index (χ0n) is 15.0. The molecule has 0 saturated carbocycles. The van der Waals surface area contributed by atoms with Gasteiger partial charge in [-0.3, -0.25) is 0 Å². The Balaban J connectivity index is 4.76. The van der Waals surface area contributed by atoms with Gasteiger partial charge in [0.2, 0.25) is 0 Å². The van der Waals surface area contributed by atoms with Gasteiger partial charge in [0, 0.05) is 0 Å². The third kappa shape index (κ3) is 9.20. The molecule has 0 amide bonds. The molecule has 0 aliphatic carbocycles. The standard InChI is InChI=1S/C18H40As2/c1-6-11-12-13-18(19(14-7-2)15-8-3)20(16-9-4)17-10-5/h18H,6-17H2,1-5H3. The Bertz CT molecular complexity index is 166. The van der Waals surface area contributed by atoms with Crippen LogP contribution >= 0.6 is 0 Å². The maximum atomic E-state index is 2.43. The molecule has 0 aliphatic heterocycles. The Morgan fingerprint density at radius 3 is 1.25 bits per heavy atom. The van der Waals surface area contributed by atoms with E-state index >= 15 is 0 Å². The Morgan fingerprint density at radius 2 is 0.950 bits per heavy atom. The minimum atomic E-state index is -0.523.